The fraction of sp³-hybridized carbons (Fsp3) is 0.0526. The van der Waals surface area contributed by atoms with Gasteiger partial charge in [0, 0.05) is 17.2 Å². The second kappa shape index (κ2) is 7.64. The summed E-state index contributed by atoms with van der Waals surface area (Å²) < 4.78 is 40.5. The zero-order valence-electron chi connectivity index (χ0n) is 14.9. The molecule has 3 aromatic rings. The van der Waals surface area contributed by atoms with E-state index in [0.717, 1.165) is 5.01 Å². The molecule has 0 saturated heterocycles. The number of aromatic nitrogens is 2. The Morgan fingerprint density at radius 3 is 2.67 bits per heavy atom. The number of hydrogen-bond donors (Lipinski definition) is 2. The van der Waals surface area contributed by atoms with Crippen molar-refractivity contribution in [2.45, 2.75) is 6.54 Å². The predicted molar refractivity (Wildman–Crippen MR) is 102 cm³/mol. The molecule has 4 rings (SSSR count). The highest BCUT2D eigenvalue weighted by Crippen LogP contribution is 2.23. The lowest BCUT2D eigenvalue weighted by Gasteiger charge is -2.21. The molecule has 0 bridgehead atoms. The smallest absolute Gasteiger partial charge is 0.294 e. The van der Waals surface area contributed by atoms with Crippen LogP contribution in [0, 0.1) is 17.5 Å². The van der Waals surface area contributed by atoms with Gasteiger partial charge < -0.3 is 5.32 Å². The fourth-order valence-electron chi connectivity index (χ4n) is 2.82. The normalized spacial score (nSPS) is 12.6. The molecule has 11 heteroatoms. The summed E-state index contributed by atoms with van der Waals surface area (Å²) in [5.41, 5.74) is 0.486. The number of benzene rings is 2. The molecule has 0 spiro atoms. The second-order valence-electron chi connectivity index (χ2n) is 6.28. The van der Waals surface area contributed by atoms with Gasteiger partial charge in [0.05, 0.1) is 23.3 Å². The molecule has 1 aliphatic rings. The van der Waals surface area contributed by atoms with E-state index in [-0.39, 0.29) is 28.6 Å². The van der Waals surface area contributed by atoms with E-state index in [2.05, 4.69) is 20.6 Å². The third-order valence-electron chi connectivity index (χ3n) is 4.33. The van der Waals surface area contributed by atoms with Crippen LogP contribution >= 0.6 is 11.6 Å². The highest BCUT2D eigenvalue weighted by molar-refractivity contribution is 6.34. The van der Waals surface area contributed by atoms with Crippen LogP contribution in [-0.4, -0.2) is 33.2 Å². The molecule has 0 fully saturated rings. The molecule has 2 aromatic carbocycles. The molecule has 2 N–H and O–H groups in total. The lowest BCUT2D eigenvalue weighted by atomic mass is 10.1. The minimum atomic E-state index is -1.24. The van der Waals surface area contributed by atoms with E-state index in [1.54, 1.807) is 12.1 Å². The average molecular weight is 434 g/mol. The minimum absolute atomic E-state index is 0.0109. The minimum Gasteiger partial charge on any atom is -0.307 e. The Bertz CT molecular complexity index is 1210. The number of halogens is 4. The van der Waals surface area contributed by atoms with Gasteiger partial charge in [0.25, 0.3) is 11.8 Å². The Morgan fingerprint density at radius 1 is 1.10 bits per heavy atom. The largest absolute Gasteiger partial charge is 0.307 e. The first kappa shape index (κ1) is 19.6. The van der Waals surface area contributed by atoms with Crippen molar-refractivity contribution < 1.29 is 22.8 Å². The van der Waals surface area contributed by atoms with Crippen molar-refractivity contribution >= 4 is 35.4 Å². The first-order valence-corrected chi connectivity index (χ1v) is 8.86. The number of anilines is 1. The molecule has 0 radical (unpaired) electrons. The van der Waals surface area contributed by atoms with Crippen LogP contribution in [0.5, 0.6) is 0 Å². The maximum Gasteiger partial charge on any atom is 0.294 e. The van der Waals surface area contributed by atoms with Crippen LogP contribution in [0.15, 0.2) is 41.5 Å². The molecular formula is C19H11ClF3N5O2. The summed E-state index contributed by atoms with van der Waals surface area (Å²) in [6, 6.07) is 7.06. The predicted octanol–water partition coefficient (Wildman–Crippen LogP) is 3.72. The summed E-state index contributed by atoms with van der Waals surface area (Å²) in [7, 11) is 0. The fourth-order valence-corrected chi connectivity index (χ4v) is 3.06. The summed E-state index contributed by atoms with van der Waals surface area (Å²) in [6.07, 6.45) is 1.36. The number of carbonyl (C=O) groups excluding carboxylic acids is 2. The van der Waals surface area contributed by atoms with E-state index in [0.29, 0.717) is 23.3 Å². The molecule has 2 heterocycles. The number of H-pyrrole nitrogens is 1. The summed E-state index contributed by atoms with van der Waals surface area (Å²) >= 11 is 5.77. The van der Waals surface area contributed by atoms with Gasteiger partial charge in [-0.05, 0) is 18.2 Å². The van der Waals surface area contributed by atoms with Crippen molar-refractivity contribution in [2.75, 3.05) is 5.32 Å². The lowest BCUT2D eigenvalue weighted by Crippen LogP contribution is -2.29. The van der Waals surface area contributed by atoms with Gasteiger partial charge in [0.15, 0.2) is 17.3 Å². The van der Waals surface area contributed by atoms with E-state index in [4.69, 9.17) is 11.6 Å². The van der Waals surface area contributed by atoms with Crippen LogP contribution < -0.4 is 5.32 Å². The number of nitrogens with zero attached hydrogens (tertiary/aromatic N) is 3. The van der Waals surface area contributed by atoms with Crippen LogP contribution in [-0.2, 0) is 6.54 Å². The highest BCUT2D eigenvalue weighted by atomic mass is 35.5. The SMILES string of the molecule is O=C(Nc1cc(C(=O)N2Cc3c(F)cccc3C=N2)n[nH]1)c1cc(F)c(F)cc1Cl. The zero-order valence-corrected chi connectivity index (χ0v) is 15.7. The molecule has 0 atom stereocenters. The van der Waals surface area contributed by atoms with Crippen LogP contribution in [0.25, 0.3) is 0 Å². The summed E-state index contributed by atoms with van der Waals surface area (Å²) in [5.74, 6) is -4.35. The molecule has 152 valence electrons. The summed E-state index contributed by atoms with van der Waals surface area (Å²) in [5, 5.41) is 13.3. The third kappa shape index (κ3) is 3.64. The van der Waals surface area contributed by atoms with Crippen molar-refractivity contribution in [3.05, 3.63) is 81.3 Å². The first-order valence-electron chi connectivity index (χ1n) is 8.48. The van der Waals surface area contributed by atoms with E-state index in [1.165, 1.54) is 18.3 Å². The Kier molecular flexibility index (Phi) is 5.00. The van der Waals surface area contributed by atoms with Crippen molar-refractivity contribution in [3.63, 3.8) is 0 Å². The number of amides is 2. The molecule has 0 saturated carbocycles. The van der Waals surface area contributed by atoms with Gasteiger partial charge in [0.1, 0.15) is 11.6 Å². The molecule has 0 unspecified atom stereocenters. The molecule has 30 heavy (non-hydrogen) atoms. The molecule has 0 aliphatic carbocycles. The second-order valence-corrected chi connectivity index (χ2v) is 6.69. The number of fused-ring (bicyclic) bond motifs is 1. The standard InChI is InChI=1S/C19H11ClF3N5O2/c20-12-5-15(23)14(22)4-10(12)18(29)25-17-6-16(26-27-17)19(30)28-8-11-9(7-24-28)2-1-3-13(11)21/h1-7H,8H2,(H2,25,26,27,29). The van der Waals surface area contributed by atoms with Gasteiger partial charge in [-0.3, -0.25) is 14.7 Å². The maximum atomic E-state index is 14.0. The topological polar surface area (TPSA) is 90.4 Å². The Hall–Kier alpha value is -3.66. The Morgan fingerprint density at radius 2 is 1.87 bits per heavy atom. The zero-order chi connectivity index (χ0) is 21.4. The van der Waals surface area contributed by atoms with Gasteiger partial charge in [-0.25, -0.2) is 18.2 Å². The van der Waals surface area contributed by atoms with Crippen LogP contribution in [0.1, 0.15) is 32.0 Å². The van der Waals surface area contributed by atoms with Gasteiger partial charge >= 0.3 is 0 Å². The summed E-state index contributed by atoms with van der Waals surface area (Å²) in [4.78, 5) is 24.9. The average Bonchev–Trinajstić information content (AvgIpc) is 3.18. The van der Waals surface area contributed by atoms with Gasteiger partial charge in [-0.15, -0.1) is 0 Å². The van der Waals surface area contributed by atoms with Gasteiger partial charge in [-0.1, -0.05) is 23.7 Å². The molecule has 7 nitrogen and oxygen atoms in total. The van der Waals surface area contributed by atoms with Gasteiger partial charge in [0.2, 0.25) is 0 Å². The molecule has 2 amide bonds. The quantitative estimate of drug-likeness (QED) is 0.617. The van der Waals surface area contributed by atoms with Crippen LogP contribution in [0.4, 0.5) is 19.0 Å². The van der Waals surface area contributed by atoms with E-state index >= 15 is 0 Å². The lowest BCUT2D eigenvalue weighted by molar-refractivity contribution is 0.0739. The number of carbonyl (C=O) groups is 2. The van der Waals surface area contributed by atoms with Crippen LogP contribution in [0.3, 0.4) is 0 Å². The molecule has 1 aromatic heterocycles. The molecular weight excluding hydrogens is 423 g/mol. The van der Waals surface area contributed by atoms with Gasteiger partial charge in [-0.2, -0.15) is 10.2 Å². The third-order valence-corrected chi connectivity index (χ3v) is 4.65. The Balaban J connectivity index is 1.49. The van der Waals surface area contributed by atoms with Crippen LogP contribution in [0.2, 0.25) is 5.02 Å². The summed E-state index contributed by atoms with van der Waals surface area (Å²) in [6.45, 7) is -0.0869. The van der Waals surface area contributed by atoms with E-state index in [9.17, 15) is 22.8 Å². The first-order chi connectivity index (χ1) is 14.3. The van der Waals surface area contributed by atoms with E-state index < -0.39 is 29.3 Å². The van der Waals surface area contributed by atoms with Crippen molar-refractivity contribution in [1.29, 1.82) is 0 Å². The maximum absolute atomic E-state index is 14.0. The van der Waals surface area contributed by atoms with E-state index in [1.807, 2.05) is 0 Å². The Labute approximate surface area is 172 Å². The highest BCUT2D eigenvalue weighted by Gasteiger charge is 2.24. The monoisotopic (exact) mass is 433 g/mol. The number of hydrazone groups is 1. The number of nitrogens with one attached hydrogen (secondary N) is 2. The van der Waals surface area contributed by atoms with Crippen molar-refractivity contribution in [1.82, 2.24) is 15.2 Å². The van der Waals surface area contributed by atoms with Crippen molar-refractivity contribution in [2.24, 2.45) is 5.10 Å². The number of aromatic amines is 1. The molecule has 1 aliphatic heterocycles. The number of hydrogen-bond acceptors (Lipinski definition) is 4. The number of rotatable bonds is 3. The van der Waals surface area contributed by atoms with Crippen molar-refractivity contribution in [3.8, 4) is 0 Å².